The highest BCUT2D eigenvalue weighted by atomic mass is 16.5. The Morgan fingerprint density at radius 1 is 1.11 bits per heavy atom. The van der Waals surface area contributed by atoms with Crippen molar-refractivity contribution in [3.05, 3.63) is 12.2 Å². The van der Waals surface area contributed by atoms with Crippen molar-refractivity contribution in [2.24, 2.45) is 0 Å². The van der Waals surface area contributed by atoms with E-state index in [4.69, 9.17) is 4.74 Å². The summed E-state index contributed by atoms with van der Waals surface area (Å²) in [7, 11) is 0. The summed E-state index contributed by atoms with van der Waals surface area (Å²) in [5.41, 5.74) is 0. The summed E-state index contributed by atoms with van der Waals surface area (Å²) in [4.78, 5) is 21.5. The molecule has 0 atom stereocenters. The summed E-state index contributed by atoms with van der Waals surface area (Å²) in [5, 5.41) is 0. The van der Waals surface area contributed by atoms with Gasteiger partial charge >= 0.3 is 11.9 Å². The maximum Gasteiger partial charge on any atom is 0.384 e. The highest BCUT2D eigenvalue weighted by Gasteiger charge is 1.93. The van der Waals surface area contributed by atoms with E-state index in [0.717, 1.165) is 25.7 Å². The Kier molecular flexibility index (Phi) is 10.6. The minimum Gasteiger partial charge on any atom is -0.462 e. The fourth-order valence-electron chi connectivity index (χ4n) is 1.06. The van der Waals surface area contributed by atoms with Gasteiger partial charge < -0.3 is 9.47 Å². The van der Waals surface area contributed by atoms with Gasteiger partial charge in [0.15, 0.2) is 0 Å². The lowest BCUT2D eigenvalue weighted by molar-refractivity contribution is -0.140. The van der Waals surface area contributed by atoms with Crippen LogP contribution in [0.5, 0.6) is 0 Å². The van der Waals surface area contributed by atoms with E-state index in [9.17, 15) is 9.59 Å². The van der Waals surface area contributed by atoms with Gasteiger partial charge in [-0.05, 0) is 18.6 Å². The molecule has 0 unspecified atom stereocenters. The molecule has 0 spiro atoms. The first-order valence-electron chi connectivity index (χ1n) is 6.10. The van der Waals surface area contributed by atoms with Crippen LogP contribution in [0.3, 0.4) is 0 Å². The Hall–Kier alpha value is -1.76. The van der Waals surface area contributed by atoms with Crippen LogP contribution in [0.25, 0.3) is 0 Å². The summed E-state index contributed by atoms with van der Waals surface area (Å²) in [6.45, 7) is 3.78. The zero-order valence-corrected chi connectivity index (χ0v) is 11.0. The van der Waals surface area contributed by atoms with Crippen LogP contribution in [0.15, 0.2) is 12.2 Å². The van der Waals surface area contributed by atoms with Crippen molar-refractivity contribution in [2.45, 2.75) is 39.5 Å². The van der Waals surface area contributed by atoms with Crippen molar-refractivity contribution in [3.63, 3.8) is 0 Å². The van der Waals surface area contributed by atoms with Crippen molar-refractivity contribution in [3.8, 4) is 11.8 Å². The molecular formula is C14H20O4. The smallest absolute Gasteiger partial charge is 0.384 e. The third-order valence-electron chi connectivity index (χ3n) is 1.96. The maximum absolute atomic E-state index is 11.1. The quantitative estimate of drug-likeness (QED) is 0.229. The molecule has 0 radical (unpaired) electrons. The van der Waals surface area contributed by atoms with Crippen molar-refractivity contribution in [1.29, 1.82) is 0 Å². The van der Waals surface area contributed by atoms with Gasteiger partial charge in [0.2, 0.25) is 0 Å². The first-order chi connectivity index (χ1) is 8.66. The highest BCUT2D eigenvalue weighted by Crippen LogP contribution is 1.96. The molecule has 0 heterocycles. The molecular weight excluding hydrogens is 232 g/mol. The Balaban J connectivity index is 3.55. The molecule has 0 fully saturated rings. The fourth-order valence-corrected chi connectivity index (χ4v) is 1.06. The molecule has 4 nitrogen and oxygen atoms in total. The van der Waals surface area contributed by atoms with Crippen molar-refractivity contribution in [1.82, 2.24) is 0 Å². The van der Waals surface area contributed by atoms with Gasteiger partial charge in [-0.3, -0.25) is 4.79 Å². The molecule has 0 aliphatic rings. The summed E-state index contributed by atoms with van der Waals surface area (Å²) in [5.74, 6) is 4.33. The minimum absolute atomic E-state index is 0.143. The Labute approximate surface area is 108 Å². The van der Waals surface area contributed by atoms with Gasteiger partial charge in [-0.25, -0.2) is 4.79 Å². The van der Waals surface area contributed by atoms with Gasteiger partial charge in [0.05, 0.1) is 0 Å². The van der Waals surface area contributed by atoms with E-state index in [1.165, 1.54) is 6.92 Å². The second-order valence-electron chi connectivity index (χ2n) is 3.63. The number of hydrogen-bond acceptors (Lipinski definition) is 4. The first-order valence-corrected chi connectivity index (χ1v) is 6.10. The van der Waals surface area contributed by atoms with Gasteiger partial charge in [0.1, 0.15) is 13.2 Å². The topological polar surface area (TPSA) is 52.6 Å². The lowest BCUT2D eigenvalue weighted by Gasteiger charge is -1.96. The van der Waals surface area contributed by atoms with Crippen molar-refractivity contribution in [2.75, 3.05) is 13.2 Å². The Morgan fingerprint density at radius 3 is 2.39 bits per heavy atom. The summed E-state index contributed by atoms with van der Waals surface area (Å²) in [6.07, 6.45) is 7.23. The van der Waals surface area contributed by atoms with Crippen LogP contribution in [0, 0.1) is 11.8 Å². The van der Waals surface area contributed by atoms with E-state index in [-0.39, 0.29) is 19.2 Å². The van der Waals surface area contributed by atoms with Crippen LogP contribution in [-0.2, 0) is 19.1 Å². The molecule has 18 heavy (non-hydrogen) atoms. The number of rotatable bonds is 7. The van der Waals surface area contributed by atoms with Crippen LogP contribution in [-0.4, -0.2) is 25.2 Å². The zero-order valence-electron chi connectivity index (χ0n) is 11.0. The fraction of sp³-hybridized carbons (Fsp3) is 0.571. The third-order valence-corrected chi connectivity index (χ3v) is 1.96. The predicted octanol–water partition coefficient (Wildman–Crippen LogP) is 2.23. The monoisotopic (exact) mass is 252 g/mol. The predicted molar refractivity (Wildman–Crippen MR) is 68.7 cm³/mol. The van der Waals surface area contributed by atoms with E-state index in [1.807, 2.05) is 0 Å². The average molecular weight is 252 g/mol. The van der Waals surface area contributed by atoms with Crippen LogP contribution in [0.2, 0.25) is 0 Å². The molecule has 0 amide bonds. The van der Waals surface area contributed by atoms with Gasteiger partial charge in [0, 0.05) is 19.3 Å². The number of carbonyl (C=O) groups excluding carboxylic acids is 2. The van der Waals surface area contributed by atoms with Crippen LogP contribution < -0.4 is 0 Å². The SMILES string of the molecule is CCCCCC#CC(=O)OC/C=C/COC(C)=O. The molecule has 0 bridgehead atoms. The van der Waals surface area contributed by atoms with Crippen LogP contribution in [0.4, 0.5) is 0 Å². The normalized spacial score (nSPS) is 9.67. The van der Waals surface area contributed by atoms with E-state index in [0.29, 0.717) is 0 Å². The third kappa shape index (κ3) is 12.3. The van der Waals surface area contributed by atoms with Crippen LogP contribution >= 0.6 is 0 Å². The summed E-state index contributed by atoms with van der Waals surface area (Å²) < 4.78 is 9.47. The number of ether oxygens (including phenoxy) is 2. The Bertz CT molecular complexity index is 333. The number of carbonyl (C=O) groups is 2. The summed E-state index contributed by atoms with van der Waals surface area (Å²) in [6, 6.07) is 0. The largest absolute Gasteiger partial charge is 0.462 e. The molecule has 0 aliphatic carbocycles. The second kappa shape index (κ2) is 11.7. The average Bonchev–Trinajstić information content (AvgIpc) is 2.33. The molecule has 100 valence electrons. The number of esters is 2. The van der Waals surface area contributed by atoms with Crippen LogP contribution in [0.1, 0.15) is 39.5 Å². The van der Waals surface area contributed by atoms with Gasteiger partial charge in [-0.1, -0.05) is 25.7 Å². The summed E-state index contributed by atoms with van der Waals surface area (Å²) >= 11 is 0. The molecule has 0 N–H and O–H groups in total. The second-order valence-corrected chi connectivity index (χ2v) is 3.63. The van der Waals surface area contributed by atoms with Gasteiger partial charge in [0.25, 0.3) is 0 Å². The lowest BCUT2D eigenvalue weighted by Crippen LogP contribution is -2.02. The molecule has 0 saturated heterocycles. The first kappa shape index (κ1) is 16.2. The minimum atomic E-state index is -0.524. The lowest BCUT2D eigenvalue weighted by atomic mass is 10.2. The standard InChI is InChI=1S/C14H20O4/c1-3-4-5-6-7-10-14(16)18-12-9-8-11-17-13(2)15/h8-9H,3-6,11-12H2,1-2H3/b9-8+. The van der Waals surface area contributed by atoms with Gasteiger partial charge in [-0.15, -0.1) is 0 Å². The molecule has 4 heteroatoms. The van der Waals surface area contributed by atoms with Crippen molar-refractivity contribution >= 4 is 11.9 Å². The molecule has 0 aromatic carbocycles. The zero-order chi connectivity index (χ0) is 13.6. The van der Waals surface area contributed by atoms with E-state index < -0.39 is 5.97 Å². The van der Waals surface area contributed by atoms with E-state index in [2.05, 4.69) is 23.5 Å². The maximum atomic E-state index is 11.1. The van der Waals surface area contributed by atoms with Gasteiger partial charge in [-0.2, -0.15) is 0 Å². The van der Waals surface area contributed by atoms with Crippen molar-refractivity contribution < 1.29 is 19.1 Å². The molecule has 0 aliphatic heterocycles. The number of unbranched alkanes of at least 4 members (excludes halogenated alkanes) is 3. The highest BCUT2D eigenvalue weighted by molar-refractivity contribution is 5.88. The number of hydrogen-bond donors (Lipinski definition) is 0. The molecule has 0 aromatic rings. The van der Waals surface area contributed by atoms with E-state index >= 15 is 0 Å². The Morgan fingerprint density at radius 2 is 1.78 bits per heavy atom. The van der Waals surface area contributed by atoms with E-state index in [1.54, 1.807) is 12.2 Å². The molecule has 0 saturated carbocycles. The molecule has 0 aromatic heterocycles. The molecule has 0 rings (SSSR count).